The Balaban J connectivity index is 2.69. The first-order valence-electron chi connectivity index (χ1n) is 3.89. The minimum absolute atomic E-state index is 0.0488. The molecule has 0 aliphatic rings. The van der Waals surface area contributed by atoms with E-state index in [1.807, 2.05) is 0 Å². The maximum atomic E-state index is 9.32. The molecule has 0 amide bonds. The maximum Gasteiger partial charge on any atom is 0.160 e. The molecule has 2 heterocycles. The first kappa shape index (κ1) is 8.00. The molecule has 0 aliphatic heterocycles. The zero-order valence-electron chi connectivity index (χ0n) is 7.05. The van der Waals surface area contributed by atoms with E-state index in [1.165, 1.54) is 23.1 Å². The van der Waals surface area contributed by atoms with Crippen molar-refractivity contribution in [1.29, 1.82) is 0 Å². The topological polar surface area (TPSA) is 70.7 Å². The Morgan fingerprint density at radius 3 is 2.92 bits per heavy atom. The van der Waals surface area contributed by atoms with Crippen molar-refractivity contribution in [1.82, 2.24) is 14.6 Å². The Hall–Kier alpha value is -1.62. The summed E-state index contributed by atoms with van der Waals surface area (Å²) in [6, 6.07) is 0. The van der Waals surface area contributed by atoms with E-state index in [9.17, 15) is 5.11 Å². The molecule has 0 saturated carbocycles. The normalized spacial score (nSPS) is 13.4. The summed E-state index contributed by atoms with van der Waals surface area (Å²) in [5.74, 6) is 0.0488. The first-order valence-corrected chi connectivity index (χ1v) is 3.89. The molecule has 1 atom stereocenters. The van der Waals surface area contributed by atoms with Gasteiger partial charge in [-0.25, -0.2) is 9.50 Å². The molecule has 1 unspecified atom stereocenters. The summed E-state index contributed by atoms with van der Waals surface area (Å²) < 4.78 is 1.43. The monoisotopic (exact) mass is 179 g/mol. The second kappa shape index (κ2) is 2.70. The van der Waals surface area contributed by atoms with Crippen molar-refractivity contribution in [2.24, 2.45) is 0 Å². The molecular weight excluding hydrogens is 170 g/mol. The third kappa shape index (κ3) is 1.23. The van der Waals surface area contributed by atoms with Crippen molar-refractivity contribution < 1.29 is 10.2 Å². The number of aliphatic hydroxyl groups is 1. The zero-order chi connectivity index (χ0) is 9.42. The molecule has 68 valence electrons. The highest BCUT2D eigenvalue weighted by atomic mass is 16.3. The summed E-state index contributed by atoms with van der Waals surface area (Å²) in [5.41, 5.74) is 1.22. The van der Waals surface area contributed by atoms with Gasteiger partial charge >= 0.3 is 0 Å². The van der Waals surface area contributed by atoms with Crippen molar-refractivity contribution in [2.45, 2.75) is 13.0 Å². The van der Waals surface area contributed by atoms with Crippen molar-refractivity contribution in [2.75, 3.05) is 0 Å². The lowest BCUT2D eigenvalue weighted by atomic mass is 10.2. The Labute approximate surface area is 74.3 Å². The fraction of sp³-hybridized carbons (Fsp3) is 0.250. The van der Waals surface area contributed by atoms with Gasteiger partial charge in [0, 0.05) is 5.56 Å². The molecule has 0 fully saturated rings. The third-order valence-corrected chi connectivity index (χ3v) is 1.82. The van der Waals surface area contributed by atoms with Gasteiger partial charge in [0.05, 0.1) is 24.7 Å². The number of fused-ring (bicyclic) bond motifs is 1. The van der Waals surface area contributed by atoms with Crippen LogP contribution in [-0.4, -0.2) is 24.8 Å². The van der Waals surface area contributed by atoms with E-state index in [0.29, 0.717) is 11.2 Å². The molecular formula is C8H9N3O2. The molecule has 5 heteroatoms. The number of hydrogen-bond acceptors (Lipinski definition) is 4. The minimum Gasteiger partial charge on any atom is -0.505 e. The van der Waals surface area contributed by atoms with Gasteiger partial charge in [-0.2, -0.15) is 5.10 Å². The van der Waals surface area contributed by atoms with Crippen LogP contribution in [0.4, 0.5) is 0 Å². The molecule has 0 radical (unpaired) electrons. The highest BCUT2D eigenvalue weighted by Gasteiger charge is 2.09. The predicted octanol–water partition coefficient (Wildman–Crippen LogP) is 0.488. The molecule has 0 aliphatic carbocycles. The van der Waals surface area contributed by atoms with Gasteiger partial charge in [0.15, 0.2) is 11.4 Å². The van der Waals surface area contributed by atoms with Crippen LogP contribution in [0.25, 0.3) is 5.65 Å². The van der Waals surface area contributed by atoms with Gasteiger partial charge < -0.3 is 10.2 Å². The van der Waals surface area contributed by atoms with Crippen LogP contribution in [0, 0.1) is 0 Å². The average molecular weight is 179 g/mol. The Morgan fingerprint density at radius 1 is 1.46 bits per heavy atom. The second-order valence-electron chi connectivity index (χ2n) is 2.86. The highest BCUT2D eigenvalue weighted by molar-refractivity contribution is 5.47. The molecule has 0 bridgehead atoms. The van der Waals surface area contributed by atoms with Crippen LogP contribution in [0.5, 0.6) is 5.75 Å². The van der Waals surface area contributed by atoms with Crippen LogP contribution >= 0.6 is 0 Å². The molecule has 13 heavy (non-hydrogen) atoms. The van der Waals surface area contributed by atoms with E-state index in [1.54, 1.807) is 6.92 Å². The lowest BCUT2D eigenvalue weighted by Gasteiger charge is -1.99. The third-order valence-electron chi connectivity index (χ3n) is 1.82. The number of aromatic hydroxyl groups is 1. The molecule has 2 aromatic rings. The summed E-state index contributed by atoms with van der Waals surface area (Å²) in [4.78, 5) is 3.95. The van der Waals surface area contributed by atoms with E-state index in [2.05, 4.69) is 10.1 Å². The lowest BCUT2D eigenvalue weighted by molar-refractivity contribution is 0.200. The SMILES string of the molecule is CC(O)c1cnn2cc(O)cnc12. The van der Waals surface area contributed by atoms with Crippen LogP contribution in [-0.2, 0) is 0 Å². The van der Waals surface area contributed by atoms with Gasteiger partial charge in [-0.3, -0.25) is 0 Å². The molecule has 2 N–H and O–H groups in total. The van der Waals surface area contributed by atoms with Crippen LogP contribution in [0.2, 0.25) is 0 Å². The fourth-order valence-corrected chi connectivity index (χ4v) is 1.18. The number of nitrogens with zero attached hydrogens (tertiary/aromatic N) is 3. The number of aliphatic hydroxyl groups excluding tert-OH is 1. The summed E-state index contributed by atoms with van der Waals surface area (Å²) in [6.45, 7) is 1.64. The van der Waals surface area contributed by atoms with Gasteiger partial charge in [0.1, 0.15) is 0 Å². The van der Waals surface area contributed by atoms with Crippen molar-refractivity contribution in [3.63, 3.8) is 0 Å². The summed E-state index contributed by atoms with van der Waals surface area (Å²) >= 11 is 0. The number of rotatable bonds is 1. The largest absolute Gasteiger partial charge is 0.505 e. The van der Waals surface area contributed by atoms with Gasteiger partial charge in [-0.15, -0.1) is 0 Å². The van der Waals surface area contributed by atoms with Gasteiger partial charge in [-0.05, 0) is 6.92 Å². The van der Waals surface area contributed by atoms with E-state index in [-0.39, 0.29) is 5.75 Å². The summed E-state index contributed by atoms with van der Waals surface area (Å²) in [5, 5.41) is 22.4. The molecule has 0 spiro atoms. The van der Waals surface area contributed by atoms with Crippen LogP contribution < -0.4 is 0 Å². The Kier molecular flexibility index (Phi) is 1.66. The van der Waals surface area contributed by atoms with Crippen molar-refractivity contribution in [3.8, 4) is 5.75 Å². The van der Waals surface area contributed by atoms with E-state index >= 15 is 0 Å². The number of aromatic nitrogens is 3. The zero-order valence-corrected chi connectivity index (χ0v) is 7.05. The smallest absolute Gasteiger partial charge is 0.160 e. The average Bonchev–Trinajstić information content (AvgIpc) is 2.46. The molecule has 0 aromatic carbocycles. The lowest BCUT2D eigenvalue weighted by Crippen LogP contribution is -1.93. The van der Waals surface area contributed by atoms with Crippen molar-refractivity contribution >= 4 is 5.65 Å². The highest BCUT2D eigenvalue weighted by Crippen LogP contribution is 2.17. The van der Waals surface area contributed by atoms with Gasteiger partial charge in [0.25, 0.3) is 0 Å². The Bertz CT molecular complexity index is 436. The predicted molar refractivity (Wildman–Crippen MR) is 45.3 cm³/mol. The summed E-state index contributed by atoms with van der Waals surface area (Å²) in [6.07, 6.45) is 3.69. The minimum atomic E-state index is -0.602. The standard InChI is InChI=1S/C8H9N3O2/c1-5(12)7-3-10-11-4-6(13)2-9-8(7)11/h2-5,12-13H,1H3. The second-order valence-corrected chi connectivity index (χ2v) is 2.86. The molecule has 2 aromatic heterocycles. The van der Waals surface area contributed by atoms with E-state index in [0.717, 1.165) is 0 Å². The van der Waals surface area contributed by atoms with E-state index < -0.39 is 6.10 Å². The van der Waals surface area contributed by atoms with Crippen LogP contribution in [0.1, 0.15) is 18.6 Å². The quantitative estimate of drug-likeness (QED) is 0.668. The van der Waals surface area contributed by atoms with Crippen LogP contribution in [0.15, 0.2) is 18.6 Å². The van der Waals surface area contributed by atoms with E-state index in [4.69, 9.17) is 5.11 Å². The Morgan fingerprint density at radius 2 is 2.23 bits per heavy atom. The first-order chi connectivity index (χ1) is 6.18. The number of hydrogen-bond donors (Lipinski definition) is 2. The molecule has 2 rings (SSSR count). The van der Waals surface area contributed by atoms with Gasteiger partial charge in [-0.1, -0.05) is 0 Å². The van der Waals surface area contributed by atoms with Crippen LogP contribution in [0.3, 0.4) is 0 Å². The van der Waals surface area contributed by atoms with Crippen molar-refractivity contribution in [3.05, 3.63) is 24.2 Å². The molecule has 0 saturated heterocycles. The maximum absolute atomic E-state index is 9.32. The fourth-order valence-electron chi connectivity index (χ4n) is 1.18. The van der Waals surface area contributed by atoms with Gasteiger partial charge in [0.2, 0.25) is 0 Å². The summed E-state index contributed by atoms with van der Waals surface area (Å²) in [7, 11) is 0. The molecule has 5 nitrogen and oxygen atoms in total.